The van der Waals surface area contributed by atoms with E-state index in [0.717, 1.165) is 5.56 Å². The maximum absolute atomic E-state index is 10.9. The second kappa shape index (κ2) is 5.46. The molecule has 0 saturated heterocycles. The van der Waals surface area contributed by atoms with Crippen molar-refractivity contribution in [2.75, 3.05) is 0 Å². The van der Waals surface area contributed by atoms with E-state index in [0.29, 0.717) is 5.02 Å². The van der Waals surface area contributed by atoms with Crippen molar-refractivity contribution in [3.05, 3.63) is 52.7 Å². The minimum atomic E-state index is -1.11. The lowest BCUT2D eigenvalue weighted by Gasteiger charge is -2.07. The summed E-state index contributed by atoms with van der Waals surface area (Å²) in [6, 6.07) is 8.43. The van der Waals surface area contributed by atoms with Gasteiger partial charge in [-0.25, -0.2) is 4.79 Å². The maximum Gasteiger partial charge on any atom is 0.341 e. The molecule has 0 amide bonds. The third kappa shape index (κ3) is 2.95. The molecule has 1 aromatic carbocycles. The minimum Gasteiger partial charge on any atom is -0.477 e. The number of benzene rings is 1. The van der Waals surface area contributed by atoms with E-state index in [-0.39, 0.29) is 18.1 Å². The fraction of sp³-hybridized carbons (Fsp3) is 0.0833. The number of ether oxygens (including phenoxy) is 1. The Morgan fingerprint density at radius 2 is 2.22 bits per heavy atom. The molecule has 2 aromatic rings. The zero-order valence-electron chi connectivity index (χ0n) is 9.21. The van der Waals surface area contributed by atoms with E-state index >= 15 is 0 Å². The smallest absolute Gasteiger partial charge is 0.341 e. The van der Waals surface area contributed by atoms with Gasteiger partial charge in [-0.2, -0.15) is 5.10 Å². The topological polar surface area (TPSA) is 72.3 Å². The third-order valence-electron chi connectivity index (χ3n) is 2.18. The summed E-state index contributed by atoms with van der Waals surface area (Å²) in [5, 5.41) is 16.8. The number of nitrogens with zero attached hydrogens (tertiary/aromatic N) is 2. The fourth-order valence-electron chi connectivity index (χ4n) is 1.37. The molecule has 0 fully saturated rings. The predicted octanol–water partition coefficient (Wildman–Crippen LogP) is 2.41. The summed E-state index contributed by atoms with van der Waals surface area (Å²) in [5.41, 5.74) is 0.802. The Labute approximate surface area is 108 Å². The molecule has 92 valence electrons. The highest BCUT2D eigenvalue weighted by atomic mass is 35.5. The largest absolute Gasteiger partial charge is 0.477 e. The minimum absolute atomic E-state index is 0.00928. The highest BCUT2D eigenvalue weighted by molar-refractivity contribution is 6.30. The van der Waals surface area contributed by atoms with E-state index in [4.69, 9.17) is 21.4 Å². The Hall–Kier alpha value is -2.14. The van der Waals surface area contributed by atoms with Gasteiger partial charge in [0.25, 0.3) is 0 Å². The van der Waals surface area contributed by atoms with Crippen LogP contribution in [0, 0.1) is 0 Å². The van der Waals surface area contributed by atoms with Gasteiger partial charge in [0.05, 0.1) is 6.20 Å². The van der Waals surface area contributed by atoms with Gasteiger partial charge in [-0.05, 0) is 23.8 Å². The maximum atomic E-state index is 10.9. The SMILES string of the molecule is O=C(O)c1ccnnc1OCc1cccc(Cl)c1. The number of carbonyl (C=O) groups is 1. The lowest BCUT2D eigenvalue weighted by atomic mass is 10.2. The van der Waals surface area contributed by atoms with Crippen molar-refractivity contribution < 1.29 is 14.6 Å². The molecule has 1 aromatic heterocycles. The molecule has 0 atom stereocenters. The van der Waals surface area contributed by atoms with E-state index in [9.17, 15) is 4.79 Å². The fourth-order valence-corrected chi connectivity index (χ4v) is 1.58. The van der Waals surface area contributed by atoms with Crippen LogP contribution in [0.25, 0.3) is 0 Å². The number of rotatable bonds is 4. The summed E-state index contributed by atoms with van der Waals surface area (Å²) in [6.45, 7) is 0.180. The van der Waals surface area contributed by atoms with Crippen LogP contribution in [0.3, 0.4) is 0 Å². The van der Waals surface area contributed by atoms with Gasteiger partial charge in [-0.1, -0.05) is 23.7 Å². The molecule has 5 nitrogen and oxygen atoms in total. The first kappa shape index (κ1) is 12.3. The van der Waals surface area contributed by atoms with Gasteiger partial charge < -0.3 is 9.84 Å². The lowest BCUT2D eigenvalue weighted by molar-refractivity contribution is 0.0690. The number of hydrogen-bond donors (Lipinski definition) is 1. The molecule has 0 spiro atoms. The van der Waals surface area contributed by atoms with Crippen LogP contribution in [0.4, 0.5) is 0 Å². The highest BCUT2D eigenvalue weighted by Gasteiger charge is 2.12. The summed E-state index contributed by atoms with van der Waals surface area (Å²) in [5.74, 6) is -1.11. The molecule has 6 heteroatoms. The molecule has 1 heterocycles. The highest BCUT2D eigenvalue weighted by Crippen LogP contribution is 2.16. The van der Waals surface area contributed by atoms with Crippen LogP contribution in [0.1, 0.15) is 15.9 Å². The van der Waals surface area contributed by atoms with Gasteiger partial charge in [0.1, 0.15) is 12.2 Å². The van der Waals surface area contributed by atoms with Crippen LogP contribution in [-0.2, 0) is 6.61 Å². The van der Waals surface area contributed by atoms with Crippen LogP contribution in [0.5, 0.6) is 5.88 Å². The molecule has 0 saturated carbocycles. The van der Waals surface area contributed by atoms with Crippen molar-refractivity contribution in [2.45, 2.75) is 6.61 Å². The van der Waals surface area contributed by atoms with Crippen molar-refractivity contribution in [1.82, 2.24) is 10.2 Å². The Balaban J connectivity index is 2.13. The average Bonchev–Trinajstić information content (AvgIpc) is 2.37. The van der Waals surface area contributed by atoms with Crippen molar-refractivity contribution >= 4 is 17.6 Å². The summed E-state index contributed by atoms with van der Waals surface area (Å²) in [7, 11) is 0. The van der Waals surface area contributed by atoms with Crippen molar-refractivity contribution in [3.8, 4) is 5.88 Å². The van der Waals surface area contributed by atoms with Crippen LogP contribution in [0.15, 0.2) is 36.5 Å². The van der Waals surface area contributed by atoms with Gasteiger partial charge in [-0.15, -0.1) is 5.10 Å². The summed E-state index contributed by atoms with van der Waals surface area (Å²) >= 11 is 5.83. The molecule has 2 rings (SSSR count). The Kier molecular flexibility index (Phi) is 3.74. The van der Waals surface area contributed by atoms with Crippen molar-refractivity contribution in [2.24, 2.45) is 0 Å². The first-order valence-corrected chi connectivity index (χ1v) is 5.47. The molecule has 0 aliphatic carbocycles. The van der Waals surface area contributed by atoms with E-state index < -0.39 is 5.97 Å². The molecule has 0 unspecified atom stereocenters. The standard InChI is InChI=1S/C12H9ClN2O3/c13-9-3-1-2-8(6-9)7-18-11-10(12(16)17)4-5-14-15-11/h1-6H,7H2,(H,16,17). The van der Waals surface area contributed by atoms with Gasteiger partial charge in [0, 0.05) is 5.02 Å². The predicted molar refractivity (Wildman–Crippen MR) is 64.8 cm³/mol. The Morgan fingerprint density at radius 3 is 2.94 bits per heavy atom. The van der Waals surface area contributed by atoms with Crippen molar-refractivity contribution in [3.63, 3.8) is 0 Å². The van der Waals surface area contributed by atoms with Crippen LogP contribution >= 0.6 is 11.6 Å². The number of carboxylic acid groups (broad SMARTS) is 1. The normalized spacial score (nSPS) is 10.1. The summed E-state index contributed by atoms with van der Waals surface area (Å²) < 4.78 is 5.33. The molecule has 1 N–H and O–H groups in total. The number of halogens is 1. The molecular formula is C12H9ClN2O3. The quantitative estimate of drug-likeness (QED) is 0.918. The number of carboxylic acids is 1. The Morgan fingerprint density at radius 1 is 1.39 bits per heavy atom. The average molecular weight is 265 g/mol. The zero-order valence-corrected chi connectivity index (χ0v) is 9.96. The summed E-state index contributed by atoms with van der Waals surface area (Å²) in [6.07, 6.45) is 1.30. The van der Waals surface area contributed by atoms with E-state index in [1.807, 2.05) is 6.07 Å². The number of aromatic carboxylic acids is 1. The third-order valence-corrected chi connectivity index (χ3v) is 2.42. The summed E-state index contributed by atoms with van der Waals surface area (Å²) in [4.78, 5) is 10.9. The molecule has 0 aliphatic rings. The van der Waals surface area contributed by atoms with Crippen LogP contribution in [0.2, 0.25) is 5.02 Å². The molecule has 0 radical (unpaired) electrons. The number of hydrogen-bond acceptors (Lipinski definition) is 4. The second-order valence-corrected chi connectivity index (χ2v) is 3.91. The van der Waals surface area contributed by atoms with Gasteiger partial charge in [-0.3, -0.25) is 0 Å². The van der Waals surface area contributed by atoms with E-state index in [2.05, 4.69) is 10.2 Å². The monoisotopic (exact) mass is 264 g/mol. The second-order valence-electron chi connectivity index (χ2n) is 3.47. The molecule has 18 heavy (non-hydrogen) atoms. The lowest BCUT2D eigenvalue weighted by Crippen LogP contribution is -2.06. The van der Waals surface area contributed by atoms with E-state index in [1.54, 1.807) is 18.2 Å². The molecule has 0 bridgehead atoms. The van der Waals surface area contributed by atoms with Crippen LogP contribution < -0.4 is 4.74 Å². The van der Waals surface area contributed by atoms with E-state index in [1.165, 1.54) is 12.3 Å². The first-order valence-electron chi connectivity index (χ1n) is 5.09. The number of aromatic nitrogens is 2. The van der Waals surface area contributed by atoms with Crippen molar-refractivity contribution in [1.29, 1.82) is 0 Å². The first-order chi connectivity index (χ1) is 8.66. The molecule has 0 aliphatic heterocycles. The molecular weight excluding hydrogens is 256 g/mol. The van der Waals surface area contributed by atoms with Gasteiger partial charge >= 0.3 is 5.97 Å². The van der Waals surface area contributed by atoms with Gasteiger partial charge in [0.2, 0.25) is 5.88 Å². The zero-order chi connectivity index (χ0) is 13.0. The Bertz CT molecular complexity index is 575. The van der Waals surface area contributed by atoms with Crippen LogP contribution in [-0.4, -0.2) is 21.3 Å². The van der Waals surface area contributed by atoms with Gasteiger partial charge in [0.15, 0.2) is 0 Å².